The van der Waals surface area contributed by atoms with Gasteiger partial charge >= 0.3 is 5.97 Å². The van der Waals surface area contributed by atoms with E-state index in [1.807, 2.05) is 18.7 Å². The molecule has 0 aliphatic rings. The molecule has 0 bridgehead atoms. The number of ether oxygens (including phenoxy) is 1. The molecule has 0 saturated carbocycles. The molecule has 1 heterocycles. The van der Waals surface area contributed by atoms with Gasteiger partial charge in [0.1, 0.15) is 14.8 Å². The molecule has 8 heteroatoms. The van der Waals surface area contributed by atoms with Crippen LogP contribution < -0.4 is 10.6 Å². The topological polar surface area (TPSA) is 89.7 Å². The maximum Gasteiger partial charge on any atom is 0.350 e. The molecule has 0 spiro atoms. The Labute approximate surface area is 129 Å². The highest BCUT2D eigenvalue weighted by molar-refractivity contribution is 7.92. The van der Waals surface area contributed by atoms with Crippen LogP contribution in [-0.4, -0.2) is 40.8 Å². The van der Waals surface area contributed by atoms with E-state index >= 15 is 0 Å². The Morgan fingerprint density at radius 3 is 2.43 bits per heavy atom. The van der Waals surface area contributed by atoms with Gasteiger partial charge < -0.3 is 15.4 Å². The predicted octanol–water partition coefficient (Wildman–Crippen LogP) is 2.00. The molecule has 0 radical (unpaired) electrons. The van der Waals surface area contributed by atoms with Crippen LogP contribution in [0.2, 0.25) is 0 Å². The maximum atomic E-state index is 12.3. The average molecular weight is 334 g/mol. The van der Waals surface area contributed by atoms with Crippen molar-refractivity contribution in [1.82, 2.24) is 0 Å². The summed E-state index contributed by atoms with van der Waals surface area (Å²) in [5.74, 6) is -0.344. The summed E-state index contributed by atoms with van der Waals surface area (Å²) in [7, 11) is -0.490. The molecule has 1 aromatic rings. The van der Waals surface area contributed by atoms with Gasteiger partial charge in [-0.05, 0) is 5.92 Å². The lowest BCUT2D eigenvalue weighted by atomic mass is 10.2. The summed E-state index contributed by atoms with van der Waals surface area (Å²) >= 11 is 1.06. The molecule has 6 nitrogen and oxygen atoms in total. The van der Waals surface area contributed by atoms with Crippen LogP contribution in [-0.2, 0) is 14.6 Å². The summed E-state index contributed by atoms with van der Waals surface area (Å²) in [6.07, 6.45) is 0. The Kier molecular flexibility index (Phi) is 5.63. The SMILES string of the molecule is CCS(=O)(=O)c1c(N(C)CC(C)C)sc(C(=O)OC)c1N. The molecule has 0 aromatic carbocycles. The summed E-state index contributed by atoms with van der Waals surface area (Å²) in [6, 6.07) is 0. The van der Waals surface area contributed by atoms with Gasteiger partial charge in [0.15, 0.2) is 9.84 Å². The molecule has 0 fully saturated rings. The number of hydrogen-bond acceptors (Lipinski definition) is 7. The Morgan fingerprint density at radius 1 is 1.43 bits per heavy atom. The molecular weight excluding hydrogens is 312 g/mol. The standard InChI is InChI=1S/C13H22N2O4S2/c1-6-21(17,18)11-9(14)10(13(16)19-5)20-12(11)15(4)7-8(2)3/h8H,6-7,14H2,1-5H3. The fourth-order valence-corrected chi connectivity index (χ4v) is 4.71. The third kappa shape index (κ3) is 3.68. The van der Waals surface area contributed by atoms with Gasteiger partial charge in [-0.3, -0.25) is 0 Å². The van der Waals surface area contributed by atoms with Gasteiger partial charge in [0.25, 0.3) is 0 Å². The van der Waals surface area contributed by atoms with E-state index < -0.39 is 15.8 Å². The molecule has 0 amide bonds. The van der Waals surface area contributed by atoms with Gasteiger partial charge in [0.05, 0.1) is 18.6 Å². The number of nitrogens with zero attached hydrogens (tertiary/aromatic N) is 1. The van der Waals surface area contributed by atoms with Crippen LogP contribution in [0.5, 0.6) is 0 Å². The van der Waals surface area contributed by atoms with E-state index in [0.717, 1.165) is 11.3 Å². The number of methoxy groups -OCH3 is 1. The highest BCUT2D eigenvalue weighted by atomic mass is 32.2. The fraction of sp³-hybridized carbons (Fsp3) is 0.615. The number of carbonyl (C=O) groups is 1. The van der Waals surface area contributed by atoms with Crippen LogP contribution >= 0.6 is 11.3 Å². The number of nitrogen functional groups attached to an aromatic ring is 1. The third-order valence-corrected chi connectivity index (χ3v) is 6.15. The summed E-state index contributed by atoms with van der Waals surface area (Å²) in [6.45, 7) is 6.27. The van der Waals surface area contributed by atoms with Gasteiger partial charge in [0.2, 0.25) is 0 Å². The molecule has 0 atom stereocenters. The number of sulfone groups is 1. The van der Waals surface area contributed by atoms with Gasteiger partial charge in [-0.15, -0.1) is 11.3 Å². The molecule has 1 rings (SSSR count). The van der Waals surface area contributed by atoms with E-state index in [2.05, 4.69) is 4.74 Å². The Bertz CT molecular complexity index is 620. The Hall–Kier alpha value is -1.28. The van der Waals surface area contributed by atoms with Crippen molar-refractivity contribution in [2.75, 3.05) is 37.1 Å². The molecule has 0 aliphatic heterocycles. The van der Waals surface area contributed by atoms with E-state index in [-0.39, 0.29) is 21.2 Å². The van der Waals surface area contributed by atoms with Gasteiger partial charge in [-0.25, -0.2) is 13.2 Å². The van der Waals surface area contributed by atoms with E-state index in [1.54, 1.807) is 14.0 Å². The summed E-state index contributed by atoms with van der Waals surface area (Å²) in [5, 5.41) is 0.489. The molecule has 2 N–H and O–H groups in total. The van der Waals surface area contributed by atoms with E-state index in [9.17, 15) is 13.2 Å². The Morgan fingerprint density at radius 2 is 2.00 bits per heavy atom. The minimum atomic E-state index is -3.53. The zero-order chi connectivity index (χ0) is 16.4. The van der Waals surface area contributed by atoms with Crippen LogP contribution in [0.3, 0.4) is 0 Å². The first-order valence-corrected chi connectivity index (χ1v) is 9.07. The number of nitrogens with two attached hydrogens (primary N) is 1. The fourth-order valence-electron chi connectivity index (χ4n) is 1.99. The molecule has 120 valence electrons. The van der Waals surface area contributed by atoms with Crippen LogP contribution in [0.25, 0.3) is 0 Å². The minimum Gasteiger partial charge on any atom is -0.465 e. The van der Waals surface area contributed by atoms with E-state index in [0.29, 0.717) is 17.5 Å². The smallest absolute Gasteiger partial charge is 0.350 e. The first kappa shape index (κ1) is 17.8. The second-order valence-corrected chi connectivity index (χ2v) is 8.36. The van der Waals surface area contributed by atoms with Crippen molar-refractivity contribution in [2.45, 2.75) is 25.7 Å². The largest absolute Gasteiger partial charge is 0.465 e. The molecule has 0 unspecified atom stereocenters. The van der Waals surface area contributed by atoms with Crippen LogP contribution in [0, 0.1) is 5.92 Å². The molecule has 0 aliphatic carbocycles. The second kappa shape index (κ2) is 6.65. The number of esters is 1. The number of anilines is 2. The van der Waals surface area contributed by atoms with Crippen molar-refractivity contribution in [3.8, 4) is 0 Å². The molecule has 0 saturated heterocycles. The minimum absolute atomic E-state index is 0.0145. The second-order valence-electron chi connectivity index (χ2n) is 5.15. The van der Waals surface area contributed by atoms with Crippen molar-refractivity contribution in [3.05, 3.63) is 4.88 Å². The zero-order valence-electron chi connectivity index (χ0n) is 13.0. The first-order valence-electron chi connectivity index (χ1n) is 6.60. The van der Waals surface area contributed by atoms with Crippen LogP contribution in [0.4, 0.5) is 10.7 Å². The lowest BCUT2D eigenvalue weighted by Crippen LogP contribution is -2.23. The van der Waals surface area contributed by atoms with Crippen molar-refractivity contribution >= 4 is 37.8 Å². The van der Waals surface area contributed by atoms with Gasteiger partial charge in [-0.1, -0.05) is 20.8 Å². The number of carbonyl (C=O) groups excluding carboxylic acids is 1. The molecule has 1 aromatic heterocycles. The zero-order valence-corrected chi connectivity index (χ0v) is 14.6. The predicted molar refractivity (Wildman–Crippen MR) is 85.9 cm³/mol. The van der Waals surface area contributed by atoms with Crippen molar-refractivity contribution in [2.24, 2.45) is 5.92 Å². The van der Waals surface area contributed by atoms with E-state index in [1.165, 1.54) is 7.11 Å². The number of rotatable bonds is 6. The summed E-state index contributed by atoms with van der Waals surface area (Å²) in [5.41, 5.74) is 5.90. The maximum absolute atomic E-state index is 12.3. The number of hydrogen-bond donors (Lipinski definition) is 1. The normalized spacial score (nSPS) is 11.7. The molecular formula is C13H22N2O4S2. The first-order chi connectivity index (χ1) is 9.65. The van der Waals surface area contributed by atoms with Crippen LogP contribution in [0.15, 0.2) is 4.90 Å². The summed E-state index contributed by atoms with van der Waals surface area (Å²) in [4.78, 5) is 13.7. The van der Waals surface area contributed by atoms with Crippen molar-refractivity contribution in [1.29, 1.82) is 0 Å². The quantitative estimate of drug-likeness (QED) is 0.800. The van der Waals surface area contributed by atoms with Crippen molar-refractivity contribution < 1.29 is 17.9 Å². The van der Waals surface area contributed by atoms with E-state index in [4.69, 9.17) is 5.73 Å². The average Bonchev–Trinajstić information content (AvgIpc) is 2.75. The van der Waals surface area contributed by atoms with Crippen LogP contribution in [0.1, 0.15) is 30.4 Å². The highest BCUT2D eigenvalue weighted by Crippen LogP contribution is 2.42. The van der Waals surface area contributed by atoms with Gasteiger partial charge in [0, 0.05) is 13.6 Å². The third-order valence-electron chi connectivity index (χ3n) is 2.93. The number of thiophene rings is 1. The summed E-state index contributed by atoms with van der Waals surface area (Å²) < 4.78 is 29.3. The lowest BCUT2D eigenvalue weighted by molar-refractivity contribution is 0.0607. The lowest BCUT2D eigenvalue weighted by Gasteiger charge is -2.21. The monoisotopic (exact) mass is 334 g/mol. The molecule has 21 heavy (non-hydrogen) atoms. The van der Waals surface area contributed by atoms with Gasteiger partial charge in [-0.2, -0.15) is 0 Å². The highest BCUT2D eigenvalue weighted by Gasteiger charge is 2.30. The van der Waals surface area contributed by atoms with Crippen molar-refractivity contribution in [3.63, 3.8) is 0 Å². The Balaban J connectivity index is 3.51.